The molecule has 0 radical (unpaired) electrons. The molecule has 0 aromatic heterocycles. The van der Waals surface area contributed by atoms with Gasteiger partial charge in [-0.25, -0.2) is 0 Å². The van der Waals surface area contributed by atoms with Crippen LogP contribution in [0.5, 0.6) is 0 Å². The Bertz CT molecular complexity index is 312. The van der Waals surface area contributed by atoms with Crippen LogP contribution < -0.4 is 5.73 Å². The van der Waals surface area contributed by atoms with E-state index in [0.29, 0.717) is 32.6 Å². The molecule has 0 aromatic rings. The Balaban J connectivity index is 2.32. The molecule has 19 heavy (non-hydrogen) atoms. The molecule has 1 fully saturated rings. The van der Waals surface area contributed by atoms with Gasteiger partial charge >= 0.3 is 0 Å². The number of nitrogens with two attached hydrogens (primary N) is 1. The van der Waals surface area contributed by atoms with E-state index in [1.165, 1.54) is 0 Å². The topological polar surface area (TPSA) is 69.9 Å². The lowest BCUT2D eigenvalue weighted by atomic mass is 10.1. The number of likely N-dealkylation sites (N-methyl/N-ethyl adjacent to an activating group) is 1. The Morgan fingerprint density at radius 1 is 1.21 bits per heavy atom. The van der Waals surface area contributed by atoms with Gasteiger partial charge in [-0.15, -0.1) is 0 Å². The predicted octanol–water partition coefficient (Wildman–Crippen LogP) is -0.796. The number of hydrogen-bond donors (Lipinski definition) is 1. The summed E-state index contributed by atoms with van der Waals surface area (Å²) in [6.45, 7) is 5.92. The van der Waals surface area contributed by atoms with Crippen LogP contribution in [-0.2, 0) is 9.59 Å². The van der Waals surface area contributed by atoms with Crippen LogP contribution in [0, 0.1) is 5.92 Å². The maximum Gasteiger partial charge on any atom is 0.236 e. The fourth-order valence-corrected chi connectivity index (χ4v) is 2.00. The zero-order valence-corrected chi connectivity index (χ0v) is 12.3. The summed E-state index contributed by atoms with van der Waals surface area (Å²) < 4.78 is 0. The summed E-state index contributed by atoms with van der Waals surface area (Å²) >= 11 is 0. The van der Waals surface area contributed by atoms with E-state index in [2.05, 4.69) is 4.90 Å². The van der Waals surface area contributed by atoms with Crippen LogP contribution in [0.4, 0.5) is 0 Å². The van der Waals surface area contributed by atoms with Gasteiger partial charge in [0.15, 0.2) is 0 Å². The number of hydrogen-bond acceptors (Lipinski definition) is 4. The highest BCUT2D eigenvalue weighted by Crippen LogP contribution is 2.08. The molecule has 0 aromatic carbocycles. The van der Waals surface area contributed by atoms with Crippen LogP contribution in [0.2, 0.25) is 0 Å². The summed E-state index contributed by atoms with van der Waals surface area (Å²) in [7, 11) is 3.52. The second-order valence-electron chi connectivity index (χ2n) is 5.49. The molecule has 1 unspecified atom stereocenters. The highest BCUT2D eigenvalue weighted by molar-refractivity contribution is 5.78. The van der Waals surface area contributed by atoms with Gasteiger partial charge in [-0.1, -0.05) is 6.92 Å². The Morgan fingerprint density at radius 2 is 1.79 bits per heavy atom. The molecule has 2 N–H and O–H groups in total. The van der Waals surface area contributed by atoms with Crippen LogP contribution in [0.1, 0.15) is 13.3 Å². The number of amides is 2. The summed E-state index contributed by atoms with van der Waals surface area (Å²) in [5, 5.41) is 0. The molecule has 1 aliphatic heterocycles. The zero-order valence-electron chi connectivity index (χ0n) is 12.3. The molecule has 6 nitrogen and oxygen atoms in total. The minimum atomic E-state index is 0.108. The van der Waals surface area contributed by atoms with Crippen LogP contribution in [0.15, 0.2) is 0 Å². The molecule has 1 rings (SSSR count). The molecule has 110 valence electrons. The Hall–Kier alpha value is -1.14. The quantitative estimate of drug-likeness (QED) is 0.710. The van der Waals surface area contributed by atoms with E-state index in [4.69, 9.17) is 5.73 Å². The molecule has 1 heterocycles. The van der Waals surface area contributed by atoms with E-state index in [-0.39, 0.29) is 17.7 Å². The standard InChI is InChI=1S/C13H26N4O2/c1-11(9-14)8-12(18)17-6-4-16(5-7-17)10-13(19)15(2)3/h11H,4-10,14H2,1-3H3. The third-order valence-electron chi connectivity index (χ3n) is 3.51. The number of carbonyl (C=O) groups excluding carboxylic acids is 2. The first-order valence-electron chi connectivity index (χ1n) is 6.84. The number of carbonyl (C=O) groups is 2. The van der Waals surface area contributed by atoms with E-state index in [1.807, 2.05) is 11.8 Å². The van der Waals surface area contributed by atoms with Gasteiger partial charge in [-0.3, -0.25) is 14.5 Å². The van der Waals surface area contributed by atoms with Crippen molar-refractivity contribution in [1.29, 1.82) is 0 Å². The van der Waals surface area contributed by atoms with Gasteiger partial charge < -0.3 is 15.5 Å². The molecule has 0 aliphatic carbocycles. The first-order chi connectivity index (χ1) is 8.93. The maximum atomic E-state index is 12.0. The van der Waals surface area contributed by atoms with Crippen molar-refractivity contribution >= 4 is 11.8 Å². The van der Waals surface area contributed by atoms with Gasteiger partial charge in [-0.05, 0) is 12.5 Å². The van der Waals surface area contributed by atoms with E-state index in [1.54, 1.807) is 19.0 Å². The Kier molecular flexibility index (Phi) is 6.24. The number of nitrogens with zero attached hydrogens (tertiary/aromatic N) is 3. The third-order valence-corrected chi connectivity index (χ3v) is 3.51. The molecule has 0 bridgehead atoms. The van der Waals surface area contributed by atoms with Crippen molar-refractivity contribution in [3.63, 3.8) is 0 Å². The van der Waals surface area contributed by atoms with Gasteiger partial charge in [0, 0.05) is 46.7 Å². The molecule has 0 saturated carbocycles. The van der Waals surface area contributed by atoms with E-state index in [0.717, 1.165) is 13.1 Å². The highest BCUT2D eigenvalue weighted by Gasteiger charge is 2.23. The van der Waals surface area contributed by atoms with Gasteiger partial charge in [0.2, 0.25) is 11.8 Å². The summed E-state index contributed by atoms with van der Waals surface area (Å²) in [6.07, 6.45) is 0.521. The smallest absolute Gasteiger partial charge is 0.236 e. The van der Waals surface area contributed by atoms with E-state index < -0.39 is 0 Å². The van der Waals surface area contributed by atoms with E-state index >= 15 is 0 Å². The average Bonchev–Trinajstić information content (AvgIpc) is 2.39. The first kappa shape index (κ1) is 15.9. The summed E-state index contributed by atoms with van der Waals surface area (Å²) in [5.41, 5.74) is 5.53. The Labute approximate surface area is 115 Å². The van der Waals surface area contributed by atoms with Crippen molar-refractivity contribution in [1.82, 2.24) is 14.7 Å². The molecular weight excluding hydrogens is 244 g/mol. The molecule has 6 heteroatoms. The summed E-state index contributed by atoms with van der Waals surface area (Å²) in [6, 6.07) is 0. The van der Waals surface area contributed by atoms with Crippen molar-refractivity contribution in [3.05, 3.63) is 0 Å². The highest BCUT2D eigenvalue weighted by atomic mass is 16.2. The first-order valence-corrected chi connectivity index (χ1v) is 6.84. The summed E-state index contributed by atoms with van der Waals surface area (Å²) in [5.74, 6) is 0.522. The third kappa shape index (κ3) is 5.16. The fourth-order valence-electron chi connectivity index (χ4n) is 2.00. The lowest BCUT2D eigenvalue weighted by molar-refractivity contribution is -0.134. The van der Waals surface area contributed by atoms with Gasteiger partial charge in [0.25, 0.3) is 0 Å². The molecular formula is C13H26N4O2. The second-order valence-corrected chi connectivity index (χ2v) is 5.49. The van der Waals surface area contributed by atoms with Crippen LogP contribution in [-0.4, -0.2) is 79.9 Å². The molecule has 2 amide bonds. The van der Waals surface area contributed by atoms with Crippen molar-refractivity contribution in [3.8, 4) is 0 Å². The van der Waals surface area contributed by atoms with Gasteiger partial charge in [0.1, 0.15) is 0 Å². The largest absolute Gasteiger partial charge is 0.348 e. The van der Waals surface area contributed by atoms with Crippen LogP contribution in [0.25, 0.3) is 0 Å². The van der Waals surface area contributed by atoms with Crippen molar-refractivity contribution in [2.75, 3.05) is 53.4 Å². The minimum absolute atomic E-state index is 0.108. The Morgan fingerprint density at radius 3 is 2.26 bits per heavy atom. The van der Waals surface area contributed by atoms with E-state index in [9.17, 15) is 9.59 Å². The number of rotatable bonds is 5. The van der Waals surface area contributed by atoms with Crippen molar-refractivity contribution < 1.29 is 9.59 Å². The summed E-state index contributed by atoms with van der Waals surface area (Å²) in [4.78, 5) is 29.2. The molecule has 0 spiro atoms. The lowest BCUT2D eigenvalue weighted by Gasteiger charge is -2.35. The zero-order chi connectivity index (χ0) is 14.4. The molecule has 1 aliphatic rings. The van der Waals surface area contributed by atoms with Crippen LogP contribution >= 0.6 is 0 Å². The van der Waals surface area contributed by atoms with Gasteiger partial charge in [-0.2, -0.15) is 0 Å². The second kappa shape index (κ2) is 7.45. The lowest BCUT2D eigenvalue weighted by Crippen LogP contribution is -2.51. The predicted molar refractivity (Wildman–Crippen MR) is 74.5 cm³/mol. The van der Waals surface area contributed by atoms with Crippen molar-refractivity contribution in [2.24, 2.45) is 11.7 Å². The minimum Gasteiger partial charge on any atom is -0.348 e. The number of piperazine rings is 1. The normalized spacial score (nSPS) is 18.2. The monoisotopic (exact) mass is 270 g/mol. The van der Waals surface area contributed by atoms with Gasteiger partial charge in [0.05, 0.1) is 6.54 Å². The SMILES string of the molecule is CC(CN)CC(=O)N1CCN(CC(=O)N(C)C)CC1. The average molecular weight is 270 g/mol. The van der Waals surface area contributed by atoms with Crippen LogP contribution in [0.3, 0.4) is 0 Å². The fraction of sp³-hybridized carbons (Fsp3) is 0.846. The van der Waals surface area contributed by atoms with Crippen molar-refractivity contribution in [2.45, 2.75) is 13.3 Å². The maximum absolute atomic E-state index is 12.0. The molecule has 1 saturated heterocycles. The molecule has 1 atom stereocenters.